The van der Waals surface area contributed by atoms with E-state index in [1.165, 1.54) is 4.90 Å². The van der Waals surface area contributed by atoms with Crippen molar-refractivity contribution in [3.8, 4) is 17.8 Å². The summed E-state index contributed by atoms with van der Waals surface area (Å²) in [6, 6.07) is 8.97. The van der Waals surface area contributed by atoms with Crippen LogP contribution >= 0.6 is 23.2 Å². The van der Waals surface area contributed by atoms with Gasteiger partial charge in [-0.2, -0.15) is 15.6 Å². The van der Waals surface area contributed by atoms with Gasteiger partial charge < -0.3 is 4.90 Å². The number of halogens is 2. The molecule has 1 aromatic carbocycles. The zero-order chi connectivity index (χ0) is 18.6. The Balaban J connectivity index is 2.33. The van der Waals surface area contributed by atoms with E-state index in [2.05, 4.69) is 5.10 Å². The van der Waals surface area contributed by atoms with Crippen LogP contribution in [0.5, 0.6) is 0 Å². The fourth-order valence-electron chi connectivity index (χ4n) is 2.46. The van der Waals surface area contributed by atoms with E-state index in [1.807, 2.05) is 26.0 Å². The molecule has 6 nitrogen and oxygen atoms in total. The maximum absolute atomic E-state index is 12.4. The Morgan fingerprint density at radius 2 is 1.84 bits per heavy atom. The molecule has 0 radical (unpaired) electrons. The van der Waals surface area contributed by atoms with Crippen LogP contribution in [-0.2, 0) is 11.2 Å². The summed E-state index contributed by atoms with van der Waals surface area (Å²) in [5, 5.41) is 22.9. The van der Waals surface area contributed by atoms with Crippen LogP contribution in [0.4, 0.5) is 0 Å². The number of hydrogen-bond acceptors (Lipinski definition) is 4. The lowest BCUT2D eigenvalue weighted by Gasteiger charge is -2.15. The Morgan fingerprint density at radius 1 is 1.20 bits per heavy atom. The number of carbonyl (C=O) groups excluding carboxylic acids is 1. The number of amides is 1. The number of aryl methyl sites for hydroxylation is 1. The van der Waals surface area contributed by atoms with Crippen LogP contribution in [0, 0.1) is 36.5 Å². The van der Waals surface area contributed by atoms with E-state index in [1.54, 1.807) is 22.9 Å². The van der Waals surface area contributed by atoms with Crippen molar-refractivity contribution in [2.45, 2.75) is 20.3 Å². The molecule has 0 aliphatic carbocycles. The van der Waals surface area contributed by atoms with Crippen LogP contribution in [0.25, 0.3) is 5.69 Å². The van der Waals surface area contributed by atoms with Crippen LogP contribution in [-0.4, -0.2) is 33.7 Å². The molecule has 0 aliphatic rings. The summed E-state index contributed by atoms with van der Waals surface area (Å²) >= 11 is 12.0. The zero-order valence-electron chi connectivity index (χ0n) is 13.8. The summed E-state index contributed by atoms with van der Waals surface area (Å²) in [7, 11) is 0. The molecule has 1 aromatic heterocycles. The fraction of sp³-hybridized carbons (Fsp3) is 0.294. The third kappa shape index (κ3) is 4.11. The summed E-state index contributed by atoms with van der Waals surface area (Å²) in [5.74, 6) is -0.289. The second-order valence-corrected chi connectivity index (χ2v) is 6.22. The molecule has 0 N–H and O–H groups in total. The van der Waals surface area contributed by atoms with E-state index < -0.39 is 0 Å². The van der Waals surface area contributed by atoms with E-state index in [4.69, 9.17) is 33.7 Å². The number of nitriles is 2. The van der Waals surface area contributed by atoms with Gasteiger partial charge in [0.05, 0.1) is 40.0 Å². The van der Waals surface area contributed by atoms with E-state index in [0.29, 0.717) is 15.7 Å². The van der Waals surface area contributed by atoms with Gasteiger partial charge in [-0.05, 0) is 32.0 Å². The summed E-state index contributed by atoms with van der Waals surface area (Å²) in [6.45, 7) is 3.42. The Hall–Kier alpha value is -2.54. The van der Waals surface area contributed by atoms with Crippen molar-refractivity contribution < 1.29 is 4.79 Å². The smallest absolute Gasteiger partial charge is 0.228 e. The molecule has 0 spiro atoms. The number of rotatable bonds is 5. The van der Waals surface area contributed by atoms with Crippen LogP contribution in [0.2, 0.25) is 10.0 Å². The predicted octanol–water partition coefficient (Wildman–Crippen LogP) is 3.21. The third-order valence-corrected chi connectivity index (χ3v) is 4.53. The number of benzene rings is 1. The highest BCUT2D eigenvalue weighted by molar-refractivity contribution is 6.42. The van der Waals surface area contributed by atoms with Gasteiger partial charge in [0.25, 0.3) is 0 Å². The molecule has 2 aromatic rings. The van der Waals surface area contributed by atoms with E-state index in [-0.39, 0.29) is 25.4 Å². The molecule has 0 bridgehead atoms. The highest BCUT2D eigenvalue weighted by Gasteiger charge is 2.20. The van der Waals surface area contributed by atoms with Gasteiger partial charge in [0.2, 0.25) is 5.91 Å². The van der Waals surface area contributed by atoms with Crippen LogP contribution < -0.4 is 0 Å². The van der Waals surface area contributed by atoms with Crippen molar-refractivity contribution in [2.24, 2.45) is 0 Å². The van der Waals surface area contributed by atoms with Gasteiger partial charge in [-0.3, -0.25) is 4.79 Å². The molecule has 0 fully saturated rings. The van der Waals surface area contributed by atoms with Crippen molar-refractivity contribution in [3.63, 3.8) is 0 Å². The second kappa shape index (κ2) is 8.02. The molecule has 0 unspecified atom stereocenters. The van der Waals surface area contributed by atoms with Crippen LogP contribution in [0.15, 0.2) is 18.2 Å². The summed E-state index contributed by atoms with van der Waals surface area (Å²) < 4.78 is 1.69. The zero-order valence-corrected chi connectivity index (χ0v) is 15.3. The van der Waals surface area contributed by atoms with Gasteiger partial charge in [-0.15, -0.1) is 0 Å². The van der Waals surface area contributed by atoms with Crippen molar-refractivity contribution in [1.82, 2.24) is 14.7 Å². The first-order valence-electron chi connectivity index (χ1n) is 7.41. The molecular weight excluding hydrogens is 361 g/mol. The maximum Gasteiger partial charge on any atom is 0.228 e. The molecule has 0 atom stereocenters. The number of nitrogens with zero attached hydrogens (tertiary/aromatic N) is 5. The van der Waals surface area contributed by atoms with E-state index in [0.717, 1.165) is 16.9 Å². The first-order valence-corrected chi connectivity index (χ1v) is 8.16. The summed E-state index contributed by atoms with van der Waals surface area (Å²) in [5.41, 5.74) is 2.99. The number of aromatic nitrogens is 2. The molecule has 1 heterocycles. The molecule has 8 heteroatoms. The Kier molecular flexibility index (Phi) is 6.03. The normalized spacial score (nSPS) is 10.2. The minimum Gasteiger partial charge on any atom is -0.316 e. The molecule has 128 valence electrons. The maximum atomic E-state index is 12.4. The second-order valence-electron chi connectivity index (χ2n) is 5.40. The Bertz CT molecular complexity index is 876. The van der Waals surface area contributed by atoms with Gasteiger partial charge in [-0.25, -0.2) is 4.68 Å². The van der Waals surface area contributed by atoms with Crippen LogP contribution in [0.3, 0.4) is 0 Å². The van der Waals surface area contributed by atoms with Gasteiger partial charge in [0.15, 0.2) is 0 Å². The molecule has 2 rings (SSSR count). The molecule has 25 heavy (non-hydrogen) atoms. The van der Waals surface area contributed by atoms with Crippen molar-refractivity contribution in [3.05, 3.63) is 45.2 Å². The summed E-state index contributed by atoms with van der Waals surface area (Å²) in [4.78, 5) is 13.6. The van der Waals surface area contributed by atoms with Crippen molar-refractivity contribution in [1.29, 1.82) is 10.5 Å². The largest absolute Gasteiger partial charge is 0.316 e. The Morgan fingerprint density at radius 3 is 2.40 bits per heavy atom. The third-order valence-electron chi connectivity index (χ3n) is 3.79. The van der Waals surface area contributed by atoms with E-state index >= 15 is 0 Å². The fourth-order valence-corrected chi connectivity index (χ4v) is 2.76. The highest BCUT2D eigenvalue weighted by Crippen LogP contribution is 2.26. The highest BCUT2D eigenvalue weighted by atomic mass is 35.5. The standard InChI is InChI=1S/C17H15Cl2N5O/c1-11-14(10-17(25)23(7-5-20)8-6-21)12(2)24(22-11)13-3-4-15(18)16(19)9-13/h3-4,9H,7-8,10H2,1-2H3. The summed E-state index contributed by atoms with van der Waals surface area (Å²) in [6.07, 6.45) is 0.0718. The minimum absolute atomic E-state index is 0.0718. The molecule has 0 aliphatic heterocycles. The lowest BCUT2D eigenvalue weighted by Crippen LogP contribution is -2.33. The van der Waals surface area contributed by atoms with Gasteiger partial charge >= 0.3 is 0 Å². The molecule has 0 saturated heterocycles. The Labute approximate surface area is 155 Å². The topological polar surface area (TPSA) is 85.7 Å². The first-order chi connectivity index (χ1) is 11.9. The first kappa shape index (κ1) is 18.8. The van der Waals surface area contributed by atoms with Crippen LogP contribution in [0.1, 0.15) is 17.0 Å². The molecule has 1 amide bonds. The molecule has 0 saturated carbocycles. The van der Waals surface area contributed by atoms with Gasteiger partial charge in [0, 0.05) is 11.3 Å². The SMILES string of the molecule is Cc1nn(-c2ccc(Cl)c(Cl)c2)c(C)c1CC(=O)N(CC#N)CC#N. The lowest BCUT2D eigenvalue weighted by molar-refractivity contribution is -0.129. The average molecular weight is 376 g/mol. The quantitative estimate of drug-likeness (QED) is 0.750. The average Bonchev–Trinajstić information content (AvgIpc) is 2.85. The van der Waals surface area contributed by atoms with Gasteiger partial charge in [0.1, 0.15) is 13.1 Å². The van der Waals surface area contributed by atoms with E-state index in [9.17, 15) is 4.79 Å². The minimum atomic E-state index is -0.289. The van der Waals surface area contributed by atoms with Gasteiger partial charge in [-0.1, -0.05) is 23.2 Å². The number of carbonyl (C=O) groups is 1. The predicted molar refractivity (Wildman–Crippen MR) is 94.6 cm³/mol. The number of hydrogen-bond donors (Lipinski definition) is 0. The monoisotopic (exact) mass is 375 g/mol. The molecular formula is C17H15Cl2N5O. The van der Waals surface area contributed by atoms with Crippen molar-refractivity contribution in [2.75, 3.05) is 13.1 Å². The lowest BCUT2D eigenvalue weighted by atomic mass is 10.1. The van der Waals surface area contributed by atoms with Crippen molar-refractivity contribution >= 4 is 29.1 Å².